The van der Waals surface area contributed by atoms with E-state index in [1.165, 1.54) is 0 Å². The van der Waals surface area contributed by atoms with Crippen LogP contribution in [0.3, 0.4) is 0 Å². The van der Waals surface area contributed by atoms with E-state index < -0.39 is 0 Å². The average Bonchev–Trinajstić information content (AvgIpc) is 2.18. The molecule has 0 fully saturated rings. The van der Waals surface area contributed by atoms with Gasteiger partial charge in [-0.15, -0.1) is 0 Å². The van der Waals surface area contributed by atoms with Gasteiger partial charge in [0.1, 0.15) is 0 Å². The summed E-state index contributed by atoms with van der Waals surface area (Å²) in [5.41, 5.74) is 0. The second-order valence-corrected chi connectivity index (χ2v) is 3.42. The van der Waals surface area contributed by atoms with Crippen LogP contribution in [0, 0.1) is 0 Å². The summed E-state index contributed by atoms with van der Waals surface area (Å²) in [4.78, 5) is 8.30. The summed E-state index contributed by atoms with van der Waals surface area (Å²) in [6, 6.07) is 1.75. The maximum absolute atomic E-state index is 5.45. The number of nitrogens with one attached hydrogen (secondary N) is 2. The zero-order chi connectivity index (χ0) is 11.1. The van der Waals surface area contributed by atoms with Gasteiger partial charge in [-0.25, -0.2) is 4.98 Å². The van der Waals surface area contributed by atoms with Gasteiger partial charge in [-0.2, -0.15) is 4.98 Å². The van der Waals surface area contributed by atoms with Gasteiger partial charge in [0.15, 0.2) is 0 Å². The third-order valence-electron chi connectivity index (χ3n) is 1.64. The van der Waals surface area contributed by atoms with Crippen molar-refractivity contribution in [2.24, 2.45) is 0 Å². The van der Waals surface area contributed by atoms with Crippen molar-refractivity contribution in [3.8, 4) is 5.88 Å². The van der Waals surface area contributed by atoms with Crippen molar-refractivity contribution in [2.75, 3.05) is 25.5 Å². The first kappa shape index (κ1) is 11.7. The molecule has 15 heavy (non-hydrogen) atoms. The van der Waals surface area contributed by atoms with E-state index in [9.17, 15) is 0 Å². The smallest absolute Gasteiger partial charge is 0.225 e. The van der Waals surface area contributed by atoms with Crippen molar-refractivity contribution in [2.45, 2.75) is 20.0 Å². The zero-order valence-electron chi connectivity index (χ0n) is 9.45. The van der Waals surface area contributed by atoms with Gasteiger partial charge in [0.25, 0.3) is 0 Å². The van der Waals surface area contributed by atoms with Crippen molar-refractivity contribution < 1.29 is 4.74 Å². The van der Waals surface area contributed by atoms with Gasteiger partial charge in [0.2, 0.25) is 11.8 Å². The van der Waals surface area contributed by atoms with E-state index in [4.69, 9.17) is 4.74 Å². The van der Waals surface area contributed by atoms with Gasteiger partial charge in [0.05, 0.1) is 6.10 Å². The highest BCUT2D eigenvalue weighted by Crippen LogP contribution is 2.09. The fourth-order valence-corrected chi connectivity index (χ4v) is 1.03. The van der Waals surface area contributed by atoms with E-state index in [0.717, 1.165) is 13.1 Å². The molecule has 0 aliphatic rings. The SMILES string of the molecule is CNCCNc1nccc(OC(C)C)n1. The molecular weight excluding hydrogens is 192 g/mol. The lowest BCUT2D eigenvalue weighted by Gasteiger charge is -2.09. The van der Waals surface area contributed by atoms with Gasteiger partial charge >= 0.3 is 0 Å². The van der Waals surface area contributed by atoms with Gasteiger partial charge in [-0.05, 0) is 20.9 Å². The number of ether oxygens (including phenoxy) is 1. The van der Waals surface area contributed by atoms with Crippen LogP contribution in [-0.4, -0.2) is 36.2 Å². The summed E-state index contributed by atoms with van der Waals surface area (Å²) in [6.07, 6.45) is 1.82. The van der Waals surface area contributed by atoms with Crippen molar-refractivity contribution in [1.82, 2.24) is 15.3 Å². The minimum Gasteiger partial charge on any atom is -0.475 e. The molecule has 0 bridgehead atoms. The highest BCUT2D eigenvalue weighted by molar-refractivity contribution is 5.27. The Morgan fingerprint density at radius 1 is 1.40 bits per heavy atom. The molecule has 2 N–H and O–H groups in total. The molecule has 1 heterocycles. The van der Waals surface area contributed by atoms with Gasteiger partial charge in [-0.1, -0.05) is 0 Å². The van der Waals surface area contributed by atoms with Crippen LogP contribution in [0.25, 0.3) is 0 Å². The standard InChI is InChI=1S/C10H18N4O/c1-8(2)15-9-4-5-12-10(14-9)13-7-6-11-3/h4-5,8,11H,6-7H2,1-3H3,(H,12,13,14). The number of likely N-dealkylation sites (N-methyl/N-ethyl adjacent to an activating group) is 1. The molecular formula is C10H18N4O. The number of hydrogen-bond donors (Lipinski definition) is 2. The Morgan fingerprint density at radius 3 is 2.87 bits per heavy atom. The molecule has 84 valence electrons. The minimum atomic E-state index is 0.130. The van der Waals surface area contributed by atoms with Crippen LogP contribution in [0.2, 0.25) is 0 Å². The largest absolute Gasteiger partial charge is 0.475 e. The topological polar surface area (TPSA) is 59.1 Å². The Morgan fingerprint density at radius 2 is 2.20 bits per heavy atom. The molecule has 5 heteroatoms. The number of nitrogens with zero attached hydrogens (tertiary/aromatic N) is 2. The molecule has 0 spiro atoms. The van der Waals surface area contributed by atoms with Gasteiger partial charge in [0, 0.05) is 25.4 Å². The van der Waals surface area contributed by atoms with Crippen LogP contribution < -0.4 is 15.4 Å². The first-order valence-corrected chi connectivity index (χ1v) is 5.10. The monoisotopic (exact) mass is 210 g/mol. The summed E-state index contributed by atoms with van der Waals surface area (Å²) in [5.74, 6) is 1.20. The fraction of sp³-hybridized carbons (Fsp3) is 0.600. The van der Waals surface area contributed by atoms with Crippen LogP contribution in [0.15, 0.2) is 12.3 Å². The molecule has 1 aromatic heterocycles. The number of hydrogen-bond acceptors (Lipinski definition) is 5. The molecule has 0 atom stereocenters. The highest BCUT2D eigenvalue weighted by Gasteiger charge is 2.01. The fourth-order valence-electron chi connectivity index (χ4n) is 1.03. The molecule has 1 aromatic rings. The van der Waals surface area contributed by atoms with Gasteiger partial charge in [-0.3, -0.25) is 0 Å². The van der Waals surface area contributed by atoms with Crippen LogP contribution in [0.4, 0.5) is 5.95 Å². The van der Waals surface area contributed by atoms with Crippen LogP contribution in [0.1, 0.15) is 13.8 Å². The van der Waals surface area contributed by atoms with Crippen molar-refractivity contribution >= 4 is 5.95 Å². The third-order valence-corrected chi connectivity index (χ3v) is 1.64. The average molecular weight is 210 g/mol. The summed E-state index contributed by atoms with van der Waals surface area (Å²) in [5, 5.41) is 6.13. The molecule has 0 saturated heterocycles. The normalized spacial score (nSPS) is 10.4. The van der Waals surface area contributed by atoms with E-state index in [1.54, 1.807) is 12.3 Å². The zero-order valence-corrected chi connectivity index (χ0v) is 9.45. The molecule has 0 unspecified atom stereocenters. The lowest BCUT2D eigenvalue weighted by Crippen LogP contribution is -2.19. The van der Waals surface area contributed by atoms with Crippen molar-refractivity contribution in [3.05, 3.63) is 12.3 Å². The maximum atomic E-state index is 5.45. The Kier molecular flexibility index (Phi) is 4.83. The predicted molar refractivity (Wildman–Crippen MR) is 60.2 cm³/mol. The first-order chi connectivity index (χ1) is 7.22. The van der Waals surface area contributed by atoms with Crippen LogP contribution in [-0.2, 0) is 0 Å². The summed E-state index contributed by atoms with van der Waals surface area (Å²) in [6.45, 7) is 5.60. The number of anilines is 1. The Balaban J connectivity index is 2.50. The first-order valence-electron chi connectivity index (χ1n) is 5.10. The van der Waals surface area contributed by atoms with E-state index in [0.29, 0.717) is 11.8 Å². The molecule has 1 rings (SSSR count). The van der Waals surface area contributed by atoms with E-state index in [1.807, 2.05) is 20.9 Å². The summed E-state index contributed by atoms with van der Waals surface area (Å²) in [7, 11) is 1.90. The number of aromatic nitrogens is 2. The van der Waals surface area contributed by atoms with Gasteiger partial charge < -0.3 is 15.4 Å². The lowest BCUT2D eigenvalue weighted by molar-refractivity contribution is 0.232. The quantitative estimate of drug-likeness (QED) is 0.683. The molecule has 0 radical (unpaired) electrons. The summed E-state index contributed by atoms with van der Waals surface area (Å²) >= 11 is 0. The van der Waals surface area contributed by atoms with E-state index in [2.05, 4.69) is 20.6 Å². The predicted octanol–water partition coefficient (Wildman–Crippen LogP) is 0.895. The molecule has 0 aliphatic heterocycles. The van der Waals surface area contributed by atoms with Crippen LogP contribution in [0.5, 0.6) is 5.88 Å². The Hall–Kier alpha value is -1.36. The number of rotatable bonds is 6. The molecule has 5 nitrogen and oxygen atoms in total. The minimum absolute atomic E-state index is 0.130. The molecule has 0 aliphatic carbocycles. The molecule has 0 saturated carbocycles. The highest BCUT2D eigenvalue weighted by atomic mass is 16.5. The van der Waals surface area contributed by atoms with Crippen molar-refractivity contribution in [3.63, 3.8) is 0 Å². The maximum Gasteiger partial charge on any atom is 0.225 e. The Labute approximate surface area is 90.3 Å². The molecule has 0 amide bonds. The second-order valence-electron chi connectivity index (χ2n) is 3.42. The summed E-state index contributed by atoms with van der Waals surface area (Å²) < 4.78 is 5.45. The molecule has 0 aromatic carbocycles. The Bertz CT molecular complexity index is 291. The van der Waals surface area contributed by atoms with Crippen LogP contribution >= 0.6 is 0 Å². The second kappa shape index (κ2) is 6.19. The van der Waals surface area contributed by atoms with Crippen molar-refractivity contribution in [1.29, 1.82) is 0 Å². The van der Waals surface area contributed by atoms with E-state index >= 15 is 0 Å². The van der Waals surface area contributed by atoms with E-state index in [-0.39, 0.29) is 6.10 Å². The third kappa shape index (κ3) is 4.60. The lowest BCUT2D eigenvalue weighted by atomic mass is 10.5.